The van der Waals surface area contributed by atoms with Gasteiger partial charge in [0.15, 0.2) is 6.61 Å². The van der Waals surface area contributed by atoms with E-state index in [4.69, 9.17) is 4.74 Å². The van der Waals surface area contributed by atoms with Crippen molar-refractivity contribution in [2.75, 3.05) is 6.61 Å². The van der Waals surface area contributed by atoms with E-state index in [2.05, 4.69) is 20.7 Å². The molecule has 10 nitrogen and oxygen atoms in total. The van der Waals surface area contributed by atoms with Gasteiger partial charge in [-0.3, -0.25) is 15.0 Å². The number of rotatable bonds is 5. The Morgan fingerprint density at radius 2 is 1.83 bits per heavy atom. The number of carbonyl (C=O) groups is 4. The molecule has 10 heteroatoms. The summed E-state index contributed by atoms with van der Waals surface area (Å²) in [7, 11) is 0. The smallest absolute Gasteiger partial charge is 0.344 e. The van der Waals surface area contributed by atoms with Crippen molar-refractivity contribution in [3.8, 4) is 0 Å². The molecule has 0 bridgehead atoms. The Bertz CT molecular complexity index is 1040. The summed E-state index contributed by atoms with van der Waals surface area (Å²) in [6, 6.07) is 3.96. The summed E-state index contributed by atoms with van der Waals surface area (Å²) in [6.45, 7) is 6.30. The number of ether oxygens (including phenoxy) is 1. The maximum atomic E-state index is 12.2. The van der Waals surface area contributed by atoms with Gasteiger partial charge in [0.25, 0.3) is 11.8 Å². The average molecular weight is 399 g/mol. The van der Waals surface area contributed by atoms with E-state index in [9.17, 15) is 19.2 Å². The lowest BCUT2D eigenvalue weighted by Gasteiger charge is -2.19. The third-order valence-electron chi connectivity index (χ3n) is 4.85. The van der Waals surface area contributed by atoms with Crippen molar-refractivity contribution in [2.45, 2.75) is 39.7 Å². The van der Waals surface area contributed by atoms with Gasteiger partial charge in [0, 0.05) is 0 Å². The highest BCUT2D eigenvalue weighted by molar-refractivity contribution is 6.07. The molecule has 3 rings (SSSR count). The first-order chi connectivity index (χ1) is 13.6. The van der Waals surface area contributed by atoms with Crippen molar-refractivity contribution in [1.82, 2.24) is 25.7 Å². The van der Waals surface area contributed by atoms with Crippen molar-refractivity contribution in [3.63, 3.8) is 0 Å². The largest absolute Gasteiger partial charge is 0.452 e. The molecule has 1 atom stereocenters. The second-order valence-corrected chi connectivity index (χ2v) is 6.97. The average Bonchev–Trinajstić information content (AvgIpc) is 2.90. The molecule has 0 spiro atoms. The fourth-order valence-electron chi connectivity index (χ4n) is 2.75. The van der Waals surface area contributed by atoms with E-state index >= 15 is 0 Å². The molecule has 1 fully saturated rings. The summed E-state index contributed by atoms with van der Waals surface area (Å²) < 4.78 is 4.98. The molecule has 0 saturated carbocycles. The Balaban J connectivity index is 1.63. The molecule has 1 aromatic carbocycles. The van der Waals surface area contributed by atoms with Gasteiger partial charge in [-0.25, -0.2) is 19.6 Å². The highest BCUT2D eigenvalue weighted by Crippen LogP contribution is 2.19. The number of carbonyl (C=O) groups excluding carboxylic acids is 4. The molecule has 0 aliphatic carbocycles. The van der Waals surface area contributed by atoms with Crippen LogP contribution in [-0.2, 0) is 14.3 Å². The van der Waals surface area contributed by atoms with Gasteiger partial charge in [-0.05, 0) is 45.4 Å². The molecule has 1 unspecified atom stereocenters. The predicted octanol–water partition coefficient (Wildman–Crippen LogP) is 1.16. The molecule has 1 aromatic heterocycles. The molecule has 1 saturated heterocycles. The standard InChI is InChI=1S/C19H21N5O5/c1-5-19(4)17(27)24(18(28)22-19)23-15(25)9-29-16(26)12-6-7-13-14(8-12)21-11(3)10(2)20-13/h6-8H,5,9H2,1-4H3,(H,22,28)(H,23,25). The summed E-state index contributed by atoms with van der Waals surface area (Å²) in [4.78, 5) is 57.2. The van der Waals surface area contributed by atoms with Crippen LogP contribution in [0.1, 0.15) is 42.0 Å². The number of benzene rings is 1. The monoisotopic (exact) mass is 399 g/mol. The van der Waals surface area contributed by atoms with E-state index in [1.165, 1.54) is 12.1 Å². The first-order valence-corrected chi connectivity index (χ1v) is 9.03. The number of aryl methyl sites for hydroxylation is 2. The Kier molecular flexibility index (Phi) is 5.19. The molecule has 1 aliphatic heterocycles. The van der Waals surface area contributed by atoms with Gasteiger partial charge in [-0.15, -0.1) is 0 Å². The number of nitrogens with one attached hydrogen (secondary N) is 2. The van der Waals surface area contributed by atoms with Crippen LogP contribution >= 0.6 is 0 Å². The maximum absolute atomic E-state index is 12.2. The van der Waals surface area contributed by atoms with Gasteiger partial charge < -0.3 is 10.1 Å². The van der Waals surface area contributed by atoms with E-state index in [0.29, 0.717) is 22.5 Å². The molecular formula is C19H21N5O5. The third kappa shape index (κ3) is 3.86. The van der Waals surface area contributed by atoms with Crippen LogP contribution in [0.4, 0.5) is 4.79 Å². The van der Waals surface area contributed by atoms with Crippen LogP contribution in [-0.4, -0.2) is 50.9 Å². The van der Waals surface area contributed by atoms with Crippen LogP contribution < -0.4 is 10.7 Å². The number of hydrogen-bond donors (Lipinski definition) is 2. The number of esters is 1. The van der Waals surface area contributed by atoms with Gasteiger partial charge in [-0.1, -0.05) is 6.92 Å². The minimum atomic E-state index is -1.08. The number of amides is 4. The molecule has 4 amide bonds. The molecular weight excluding hydrogens is 378 g/mol. The SMILES string of the molecule is CCC1(C)NC(=O)N(NC(=O)COC(=O)c2ccc3nc(C)c(C)nc3c2)C1=O. The first-order valence-electron chi connectivity index (χ1n) is 9.03. The number of nitrogens with zero attached hydrogens (tertiary/aromatic N) is 3. The molecule has 29 heavy (non-hydrogen) atoms. The minimum absolute atomic E-state index is 0.205. The molecule has 1 aliphatic rings. The van der Waals surface area contributed by atoms with Gasteiger partial charge in [-0.2, -0.15) is 5.01 Å². The zero-order chi connectivity index (χ0) is 21.3. The summed E-state index contributed by atoms with van der Waals surface area (Å²) in [6.07, 6.45) is 0.364. The van der Waals surface area contributed by atoms with Crippen LogP contribution in [0, 0.1) is 13.8 Å². The second kappa shape index (κ2) is 7.46. The summed E-state index contributed by atoms with van der Waals surface area (Å²) in [5, 5.41) is 3.10. The number of hydrogen-bond acceptors (Lipinski definition) is 7. The van der Waals surface area contributed by atoms with Crippen LogP contribution in [0.15, 0.2) is 18.2 Å². The first kappa shape index (κ1) is 20.2. The number of hydrazine groups is 1. The van der Waals surface area contributed by atoms with E-state index in [1.807, 2.05) is 13.8 Å². The topological polar surface area (TPSA) is 131 Å². The quantitative estimate of drug-likeness (QED) is 0.570. The molecule has 0 radical (unpaired) electrons. The lowest BCUT2D eigenvalue weighted by molar-refractivity contribution is -0.139. The normalized spacial score (nSPS) is 18.7. The fourth-order valence-corrected chi connectivity index (χ4v) is 2.75. The van der Waals surface area contributed by atoms with E-state index in [1.54, 1.807) is 19.9 Å². The van der Waals surface area contributed by atoms with Crippen molar-refractivity contribution >= 4 is 34.8 Å². The third-order valence-corrected chi connectivity index (χ3v) is 4.85. The minimum Gasteiger partial charge on any atom is -0.452 e. The fraction of sp³-hybridized carbons (Fsp3) is 0.368. The van der Waals surface area contributed by atoms with Crippen LogP contribution in [0.5, 0.6) is 0 Å². The highest BCUT2D eigenvalue weighted by atomic mass is 16.5. The summed E-state index contributed by atoms with van der Waals surface area (Å²) >= 11 is 0. The molecule has 2 aromatic rings. The van der Waals surface area contributed by atoms with Crippen LogP contribution in [0.2, 0.25) is 0 Å². The Hall–Kier alpha value is -3.56. The Morgan fingerprint density at radius 3 is 2.45 bits per heavy atom. The van der Waals surface area contributed by atoms with Gasteiger partial charge in [0.2, 0.25) is 0 Å². The van der Waals surface area contributed by atoms with Gasteiger partial charge in [0.05, 0.1) is 28.0 Å². The number of aromatic nitrogens is 2. The lowest BCUT2D eigenvalue weighted by atomic mass is 10.00. The van der Waals surface area contributed by atoms with Gasteiger partial charge >= 0.3 is 12.0 Å². The Morgan fingerprint density at radius 1 is 1.17 bits per heavy atom. The second-order valence-electron chi connectivity index (χ2n) is 6.97. The van der Waals surface area contributed by atoms with Crippen molar-refractivity contribution in [3.05, 3.63) is 35.2 Å². The predicted molar refractivity (Wildman–Crippen MR) is 102 cm³/mol. The zero-order valence-electron chi connectivity index (χ0n) is 16.5. The molecule has 2 N–H and O–H groups in total. The number of imide groups is 1. The molecule has 152 valence electrons. The van der Waals surface area contributed by atoms with Crippen molar-refractivity contribution in [1.29, 1.82) is 0 Å². The number of urea groups is 1. The Labute approximate surface area is 166 Å². The van der Waals surface area contributed by atoms with Crippen molar-refractivity contribution in [2.24, 2.45) is 0 Å². The van der Waals surface area contributed by atoms with E-state index < -0.39 is 36.0 Å². The van der Waals surface area contributed by atoms with Gasteiger partial charge in [0.1, 0.15) is 5.54 Å². The summed E-state index contributed by atoms with van der Waals surface area (Å²) in [5.41, 5.74) is 3.99. The van der Waals surface area contributed by atoms with E-state index in [-0.39, 0.29) is 5.56 Å². The van der Waals surface area contributed by atoms with E-state index in [0.717, 1.165) is 11.4 Å². The maximum Gasteiger partial charge on any atom is 0.344 e. The molecule has 2 heterocycles. The number of fused-ring (bicyclic) bond motifs is 1. The van der Waals surface area contributed by atoms with Crippen LogP contribution in [0.25, 0.3) is 11.0 Å². The zero-order valence-corrected chi connectivity index (χ0v) is 16.5. The lowest BCUT2D eigenvalue weighted by Crippen LogP contribution is -2.49. The summed E-state index contributed by atoms with van der Waals surface area (Å²) in [5.74, 6) is -2.13. The van der Waals surface area contributed by atoms with Crippen LogP contribution in [0.3, 0.4) is 0 Å². The highest BCUT2D eigenvalue weighted by Gasteiger charge is 2.47. The van der Waals surface area contributed by atoms with Crippen molar-refractivity contribution < 1.29 is 23.9 Å².